The predicted octanol–water partition coefficient (Wildman–Crippen LogP) is 10.4. The number of para-hydroxylation sites is 2. The zero-order valence-electron chi connectivity index (χ0n) is 35.8. The largest absolute Gasteiger partial charge is 0.455 e. The molecule has 0 bridgehead atoms. The second-order valence-corrected chi connectivity index (χ2v) is 8.40. The lowest BCUT2D eigenvalue weighted by atomic mass is 9.84. The lowest BCUT2D eigenvalue weighted by molar-refractivity contribution is 0.670. The van der Waals surface area contributed by atoms with Crippen LogP contribution in [0.4, 0.5) is 0 Å². The maximum atomic E-state index is 9.20. The van der Waals surface area contributed by atoms with Crippen molar-refractivity contribution in [2.75, 3.05) is 0 Å². The summed E-state index contributed by atoms with van der Waals surface area (Å²) in [6.45, 7) is 0. The molecule has 1 heterocycles. The number of fused-ring (bicyclic) bond motifs is 6. The molecule has 8 aromatic rings. The summed E-state index contributed by atoms with van der Waals surface area (Å²) in [5.74, 6) is 0. The quantitative estimate of drug-likeness (QED) is 0.221. The van der Waals surface area contributed by atoms with E-state index in [2.05, 4.69) is 0 Å². The fourth-order valence-electron chi connectivity index (χ4n) is 5.01. The molecule has 1 heteroatoms. The summed E-state index contributed by atoms with van der Waals surface area (Å²) in [6.07, 6.45) is 0. The molecule has 0 aliphatic carbocycles. The predicted molar refractivity (Wildman–Crippen MR) is 157 cm³/mol. The van der Waals surface area contributed by atoms with Gasteiger partial charge in [0.2, 0.25) is 0 Å². The van der Waals surface area contributed by atoms with Gasteiger partial charge in [-0.3, -0.25) is 0 Å². The van der Waals surface area contributed by atoms with E-state index in [1.807, 2.05) is 0 Å². The van der Waals surface area contributed by atoms with Gasteiger partial charge in [0, 0.05) is 21.9 Å². The van der Waals surface area contributed by atoms with Crippen molar-refractivity contribution in [3.05, 3.63) is 133 Å². The summed E-state index contributed by atoms with van der Waals surface area (Å²) < 4.78 is 153. The minimum atomic E-state index is -0.628. The Morgan fingerprint density at radius 1 is 0.405 bits per heavy atom. The molecule has 0 atom stereocenters. The van der Waals surface area contributed by atoms with E-state index < -0.39 is 78.6 Å². The van der Waals surface area contributed by atoms with Crippen LogP contribution in [0.15, 0.2) is 137 Å². The smallest absolute Gasteiger partial charge is 0.143 e. The van der Waals surface area contributed by atoms with Crippen LogP contribution >= 0.6 is 0 Å². The van der Waals surface area contributed by atoms with Crippen molar-refractivity contribution in [1.82, 2.24) is 0 Å². The molecule has 0 aliphatic heterocycles. The standard InChI is InChI=1S/C36H22O/c1-2-13-24-23(11-1)12-9-19-26(24)34-27-15-3-5-17-29(27)35(30-18-6-4-16-28(30)34)32-21-10-20-31-25-14-7-8-22-33(25)37-36(31)32/h1-22H/i1D,2D,3D,4D,5D,6D,7D,8D,9D,10D,11D,12D,13D,14D,20D,21D,22D. The molecule has 0 saturated carbocycles. The van der Waals surface area contributed by atoms with Gasteiger partial charge < -0.3 is 4.42 Å². The van der Waals surface area contributed by atoms with Gasteiger partial charge >= 0.3 is 0 Å². The van der Waals surface area contributed by atoms with E-state index in [0.717, 1.165) is 0 Å². The SMILES string of the molecule is [2H]c1cc2c(-c3c([2H])c([2H])c([2H])c4c3oc3c([2H])c([2H])c([2H])c([2H])c34)c3cc([2H])c([2H])cc3c(-c3cc([2H])c([2H])c4c([2H])c([2H])c([2H])c([2H])c34)c2cc1[2H]. The molecule has 0 saturated heterocycles. The maximum Gasteiger partial charge on any atom is 0.143 e. The number of hydrogen-bond donors (Lipinski definition) is 0. The maximum absolute atomic E-state index is 9.20. The topological polar surface area (TPSA) is 13.1 Å². The van der Waals surface area contributed by atoms with Gasteiger partial charge in [0.25, 0.3) is 0 Å². The Balaban J connectivity index is 1.70. The van der Waals surface area contributed by atoms with E-state index in [0.29, 0.717) is 0 Å². The summed E-state index contributed by atoms with van der Waals surface area (Å²) in [7, 11) is 0. The van der Waals surface area contributed by atoms with Gasteiger partial charge in [-0.2, -0.15) is 0 Å². The molecular weight excluding hydrogens is 448 g/mol. The Morgan fingerprint density at radius 2 is 0.973 bits per heavy atom. The van der Waals surface area contributed by atoms with Crippen LogP contribution in [0.2, 0.25) is 0 Å². The molecule has 0 unspecified atom stereocenters. The molecule has 7 aromatic carbocycles. The van der Waals surface area contributed by atoms with Crippen LogP contribution in [-0.2, 0) is 0 Å². The second kappa shape index (κ2) is 7.81. The zero-order chi connectivity index (χ0) is 39.1. The first kappa shape index (κ1) is 9.88. The number of rotatable bonds is 2. The van der Waals surface area contributed by atoms with Crippen LogP contribution in [0.1, 0.15) is 23.3 Å². The summed E-state index contributed by atoms with van der Waals surface area (Å²) in [4.78, 5) is 0. The van der Waals surface area contributed by atoms with E-state index in [9.17, 15) is 1.37 Å². The summed E-state index contributed by atoms with van der Waals surface area (Å²) in [6, 6.07) is -2.02. The Kier molecular flexibility index (Phi) is 2.09. The molecule has 0 spiro atoms. The molecule has 1 aromatic heterocycles. The Bertz CT molecular complexity index is 3010. The normalized spacial score (nSPS) is 18.2. The third-order valence-electron chi connectivity index (χ3n) is 6.52. The fraction of sp³-hybridized carbons (Fsp3) is 0. The Morgan fingerprint density at radius 3 is 1.70 bits per heavy atom. The minimum Gasteiger partial charge on any atom is -0.455 e. The molecular formula is C36H22O. The van der Waals surface area contributed by atoms with Gasteiger partial charge in [-0.05, 0) is 49.5 Å². The molecule has 8 rings (SSSR count). The first-order chi connectivity index (χ1) is 25.4. The van der Waals surface area contributed by atoms with Crippen LogP contribution in [-0.4, -0.2) is 0 Å². The third kappa shape index (κ3) is 2.92. The molecule has 0 N–H and O–H groups in total. The van der Waals surface area contributed by atoms with Crippen molar-refractivity contribution in [3.63, 3.8) is 0 Å². The number of benzene rings is 7. The zero-order valence-corrected chi connectivity index (χ0v) is 18.8. The average molecular weight is 488 g/mol. The van der Waals surface area contributed by atoms with Crippen LogP contribution in [0.25, 0.3) is 76.5 Å². The van der Waals surface area contributed by atoms with Crippen LogP contribution in [0, 0.1) is 0 Å². The van der Waals surface area contributed by atoms with Crippen molar-refractivity contribution in [1.29, 1.82) is 0 Å². The molecule has 0 fully saturated rings. The highest BCUT2D eigenvalue weighted by Crippen LogP contribution is 2.47. The van der Waals surface area contributed by atoms with Crippen molar-refractivity contribution >= 4 is 54.3 Å². The van der Waals surface area contributed by atoms with Crippen molar-refractivity contribution in [2.24, 2.45) is 0 Å². The fourth-order valence-corrected chi connectivity index (χ4v) is 5.01. The van der Waals surface area contributed by atoms with Crippen molar-refractivity contribution < 1.29 is 27.7 Å². The van der Waals surface area contributed by atoms with Gasteiger partial charge in [-0.15, -0.1) is 0 Å². The highest BCUT2D eigenvalue weighted by molar-refractivity contribution is 6.25. The van der Waals surface area contributed by atoms with Gasteiger partial charge in [0.05, 0.1) is 23.3 Å². The monoisotopic (exact) mass is 487 g/mol. The van der Waals surface area contributed by atoms with E-state index >= 15 is 0 Å². The molecule has 0 amide bonds. The molecule has 0 radical (unpaired) electrons. The van der Waals surface area contributed by atoms with Gasteiger partial charge in [-0.1, -0.05) is 127 Å². The summed E-state index contributed by atoms with van der Waals surface area (Å²) >= 11 is 0. The summed E-state index contributed by atoms with van der Waals surface area (Å²) in [5, 5.41) is -0.261. The van der Waals surface area contributed by atoms with Gasteiger partial charge in [0.1, 0.15) is 11.2 Å². The molecule has 0 aliphatic rings. The molecule has 172 valence electrons. The van der Waals surface area contributed by atoms with Gasteiger partial charge in [-0.25, -0.2) is 0 Å². The second-order valence-electron chi connectivity index (χ2n) is 8.40. The van der Waals surface area contributed by atoms with E-state index in [1.165, 1.54) is 30.3 Å². The highest BCUT2D eigenvalue weighted by atomic mass is 16.3. The first-order valence-corrected chi connectivity index (χ1v) is 11.3. The van der Waals surface area contributed by atoms with Crippen LogP contribution in [0.3, 0.4) is 0 Å². The molecule has 1 nitrogen and oxygen atoms in total. The van der Waals surface area contributed by atoms with E-state index in [4.69, 9.17) is 26.3 Å². The van der Waals surface area contributed by atoms with Crippen LogP contribution in [0.5, 0.6) is 0 Å². The van der Waals surface area contributed by atoms with Gasteiger partial charge in [0.15, 0.2) is 0 Å². The summed E-state index contributed by atoms with van der Waals surface area (Å²) in [5.41, 5.74) is -0.566. The number of hydrogen-bond acceptors (Lipinski definition) is 1. The van der Waals surface area contributed by atoms with Crippen LogP contribution < -0.4 is 0 Å². The molecule has 37 heavy (non-hydrogen) atoms. The van der Waals surface area contributed by atoms with E-state index in [1.54, 1.807) is 0 Å². The Hall–Kier alpha value is -4.88. The minimum absolute atomic E-state index is 0.0279. The van der Waals surface area contributed by atoms with E-state index in [-0.39, 0.29) is 101 Å². The van der Waals surface area contributed by atoms with Crippen molar-refractivity contribution in [2.45, 2.75) is 0 Å². The Labute approximate surface area is 238 Å². The number of furan rings is 1. The highest BCUT2D eigenvalue weighted by Gasteiger charge is 2.20. The first-order valence-electron chi connectivity index (χ1n) is 19.8. The lowest BCUT2D eigenvalue weighted by Gasteiger charge is -2.18. The third-order valence-corrected chi connectivity index (χ3v) is 6.52. The van der Waals surface area contributed by atoms with Crippen molar-refractivity contribution in [3.8, 4) is 22.3 Å². The lowest BCUT2D eigenvalue weighted by Crippen LogP contribution is -1.91. The average Bonchev–Trinajstić information content (AvgIpc) is 3.53.